The summed E-state index contributed by atoms with van der Waals surface area (Å²) in [6.45, 7) is -0.316. The van der Waals surface area contributed by atoms with Crippen molar-refractivity contribution in [1.29, 1.82) is 0 Å². The molecule has 2 rings (SSSR count). The topological polar surface area (TPSA) is 33.1 Å². The average molecular weight is 357 g/mol. The van der Waals surface area contributed by atoms with Crippen LogP contribution >= 0.6 is 58.0 Å². The van der Waals surface area contributed by atoms with Gasteiger partial charge in [-0.2, -0.15) is 0 Å². The zero-order valence-electron chi connectivity index (χ0n) is 9.22. The Kier molecular flexibility index (Phi) is 4.83. The summed E-state index contributed by atoms with van der Waals surface area (Å²) >= 11 is 30.3. The molecular weight excluding hydrogens is 351 g/mol. The second-order valence-corrected chi connectivity index (χ2v) is 5.60. The van der Waals surface area contributed by atoms with Crippen molar-refractivity contribution < 1.29 is 5.11 Å². The Morgan fingerprint density at radius 1 is 0.895 bits per heavy atom. The fraction of sp³-hybridized carbons (Fsp3) is 0.0833. The predicted molar refractivity (Wildman–Crippen MR) is 80.6 cm³/mol. The molecular formula is C12H6Cl5NO. The largest absolute Gasteiger partial charge is 0.392 e. The minimum Gasteiger partial charge on any atom is -0.392 e. The number of pyridine rings is 1. The monoisotopic (exact) mass is 355 g/mol. The number of benzene rings is 1. The first-order chi connectivity index (χ1) is 8.97. The van der Waals surface area contributed by atoms with E-state index in [1.54, 1.807) is 12.1 Å². The summed E-state index contributed by atoms with van der Waals surface area (Å²) < 4.78 is 0. The van der Waals surface area contributed by atoms with Gasteiger partial charge in [-0.15, -0.1) is 0 Å². The maximum absolute atomic E-state index is 9.28. The maximum Gasteiger partial charge on any atom is 0.0923 e. The van der Waals surface area contributed by atoms with Crippen molar-refractivity contribution in [2.45, 2.75) is 6.61 Å². The Morgan fingerprint density at radius 3 is 2.16 bits per heavy atom. The van der Waals surface area contributed by atoms with Crippen LogP contribution in [0.15, 0.2) is 18.3 Å². The van der Waals surface area contributed by atoms with E-state index in [9.17, 15) is 5.11 Å². The summed E-state index contributed by atoms with van der Waals surface area (Å²) in [4.78, 5) is 4.12. The molecule has 0 aliphatic heterocycles. The summed E-state index contributed by atoms with van der Waals surface area (Å²) in [5, 5.41) is 10.7. The third kappa shape index (κ3) is 2.80. The van der Waals surface area contributed by atoms with Crippen LogP contribution in [0, 0.1) is 0 Å². The number of aliphatic hydroxyl groups excluding tert-OH is 1. The van der Waals surface area contributed by atoms with Crippen molar-refractivity contribution >= 4 is 58.0 Å². The van der Waals surface area contributed by atoms with Crippen molar-refractivity contribution in [1.82, 2.24) is 4.98 Å². The normalized spacial score (nSPS) is 10.8. The van der Waals surface area contributed by atoms with Crippen LogP contribution in [0.2, 0.25) is 25.1 Å². The molecule has 1 aromatic carbocycles. The summed E-state index contributed by atoms with van der Waals surface area (Å²) in [7, 11) is 0. The molecule has 0 bridgehead atoms. The van der Waals surface area contributed by atoms with Crippen molar-refractivity contribution in [3.8, 4) is 11.3 Å². The van der Waals surface area contributed by atoms with Crippen molar-refractivity contribution in [3.63, 3.8) is 0 Å². The molecule has 0 aliphatic carbocycles. The van der Waals surface area contributed by atoms with Crippen molar-refractivity contribution in [3.05, 3.63) is 49.0 Å². The number of halogens is 5. The molecule has 2 aromatic rings. The molecule has 0 amide bonds. The molecule has 19 heavy (non-hydrogen) atoms. The summed E-state index contributed by atoms with van der Waals surface area (Å²) in [5.74, 6) is 0. The molecule has 0 fully saturated rings. The minimum atomic E-state index is -0.316. The number of hydrogen-bond acceptors (Lipinski definition) is 2. The van der Waals surface area contributed by atoms with E-state index in [1.807, 2.05) is 0 Å². The molecule has 0 atom stereocenters. The first-order valence-corrected chi connectivity index (χ1v) is 6.94. The SMILES string of the molecule is OCc1c(Cl)cnc(-c2c(Cl)ccc(Cl)c2Cl)c1Cl. The highest BCUT2D eigenvalue weighted by atomic mass is 35.5. The van der Waals surface area contributed by atoms with E-state index in [4.69, 9.17) is 58.0 Å². The molecule has 0 aliphatic rings. The van der Waals surface area contributed by atoms with Gasteiger partial charge in [0.05, 0.1) is 37.4 Å². The highest BCUT2D eigenvalue weighted by Gasteiger charge is 2.19. The Balaban J connectivity index is 2.77. The van der Waals surface area contributed by atoms with E-state index < -0.39 is 0 Å². The number of rotatable bonds is 2. The second kappa shape index (κ2) is 6.04. The number of hydrogen-bond donors (Lipinski definition) is 1. The molecule has 1 heterocycles. The van der Waals surface area contributed by atoms with Gasteiger partial charge in [-0.25, -0.2) is 0 Å². The lowest BCUT2D eigenvalue weighted by Gasteiger charge is -2.12. The van der Waals surface area contributed by atoms with Crippen LogP contribution in [0.25, 0.3) is 11.3 Å². The quantitative estimate of drug-likeness (QED) is 0.719. The van der Waals surface area contributed by atoms with E-state index in [1.165, 1.54) is 6.20 Å². The lowest BCUT2D eigenvalue weighted by molar-refractivity contribution is 0.282. The van der Waals surface area contributed by atoms with Gasteiger partial charge in [0.15, 0.2) is 0 Å². The molecule has 100 valence electrons. The predicted octanol–water partition coefficient (Wildman–Crippen LogP) is 5.51. The molecule has 1 aromatic heterocycles. The maximum atomic E-state index is 9.28. The zero-order valence-corrected chi connectivity index (χ0v) is 13.0. The molecule has 2 nitrogen and oxygen atoms in total. The highest BCUT2D eigenvalue weighted by Crippen LogP contribution is 2.42. The van der Waals surface area contributed by atoms with Crippen LogP contribution in [-0.2, 0) is 6.61 Å². The van der Waals surface area contributed by atoms with Gasteiger partial charge in [0.2, 0.25) is 0 Å². The summed E-state index contributed by atoms with van der Waals surface area (Å²) in [5.41, 5.74) is 1.10. The average Bonchev–Trinajstić information content (AvgIpc) is 2.37. The Bertz CT molecular complexity index is 645. The van der Waals surface area contributed by atoms with Crippen molar-refractivity contribution in [2.75, 3.05) is 0 Å². The fourth-order valence-electron chi connectivity index (χ4n) is 1.57. The first kappa shape index (κ1) is 15.2. The van der Waals surface area contributed by atoms with Gasteiger partial charge in [0.25, 0.3) is 0 Å². The Morgan fingerprint density at radius 2 is 1.53 bits per heavy atom. The van der Waals surface area contributed by atoms with Crippen LogP contribution in [0.1, 0.15) is 5.56 Å². The third-order valence-corrected chi connectivity index (χ3v) is 4.36. The standard InChI is InChI=1S/C12H6Cl5NO/c13-6-1-2-7(14)11(17)9(6)12-10(16)5(4-19)8(15)3-18-12/h1-3,19H,4H2. The molecule has 0 unspecified atom stereocenters. The molecule has 1 N–H and O–H groups in total. The molecule has 0 saturated carbocycles. The molecule has 0 spiro atoms. The van der Waals surface area contributed by atoms with Crippen LogP contribution in [0.4, 0.5) is 0 Å². The highest BCUT2D eigenvalue weighted by molar-refractivity contribution is 6.47. The van der Waals surface area contributed by atoms with E-state index in [2.05, 4.69) is 4.98 Å². The van der Waals surface area contributed by atoms with Crippen LogP contribution < -0.4 is 0 Å². The summed E-state index contributed by atoms with van der Waals surface area (Å²) in [6, 6.07) is 3.17. The number of aromatic nitrogens is 1. The minimum absolute atomic E-state index is 0.195. The Hall–Kier alpha value is -0.220. The van der Waals surface area contributed by atoms with Gasteiger partial charge in [0.1, 0.15) is 0 Å². The van der Waals surface area contributed by atoms with Gasteiger partial charge in [-0.1, -0.05) is 58.0 Å². The lowest BCUT2D eigenvalue weighted by Crippen LogP contribution is -1.95. The van der Waals surface area contributed by atoms with Gasteiger partial charge in [0, 0.05) is 17.3 Å². The lowest BCUT2D eigenvalue weighted by atomic mass is 10.1. The smallest absolute Gasteiger partial charge is 0.0923 e. The van der Waals surface area contributed by atoms with Gasteiger partial charge in [-0.3, -0.25) is 4.98 Å². The van der Waals surface area contributed by atoms with Gasteiger partial charge < -0.3 is 5.11 Å². The summed E-state index contributed by atoms with van der Waals surface area (Å²) in [6.07, 6.45) is 1.38. The first-order valence-electron chi connectivity index (χ1n) is 5.05. The van der Waals surface area contributed by atoms with Gasteiger partial charge in [-0.05, 0) is 12.1 Å². The second-order valence-electron chi connectivity index (χ2n) is 3.62. The van der Waals surface area contributed by atoms with E-state index in [-0.39, 0.29) is 21.7 Å². The van der Waals surface area contributed by atoms with E-state index in [0.717, 1.165) is 0 Å². The number of nitrogens with zero attached hydrogens (tertiary/aromatic N) is 1. The Labute approximate surface area is 134 Å². The fourth-order valence-corrected chi connectivity index (χ4v) is 2.83. The third-order valence-electron chi connectivity index (χ3n) is 2.51. The van der Waals surface area contributed by atoms with Crippen LogP contribution in [0.3, 0.4) is 0 Å². The van der Waals surface area contributed by atoms with Crippen LogP contribution in [-0.4, -0.2) is 10.1 Å². The van der Waals surface area contributed by atoms with E-state index in [0.29, 0.717) is 26.9 Å². The molecule has 7 heteroatoms. The van der Waals surface area contributed by atoms with Crippen molar-refractivity contribution in [2.24, 2.45) is 0 Å². The van der Waals surface area contributed by atoms with E-state index >= 15 is 0 Å². The zero-order chi connectivity index (χ0) is 14.2. The number of aliphatic hydroxyl groups is 1. The molecule has 0 radical (unpaired) electrons. The van der Waals surface area contributed by atoms with Gasteiger partial charge >= 0.3 is 0 Å². The van der Waals surface area contributed by atoms with Crippen LogP contribution in [0.5, 0.6) is 0 Å². The molecule has 0 saturated heterocycles.